The molecule has 1 aliphatic rings. The van der Waals surface area contributed by atoms with Gasteiger partial charge < -0.3 is 15.4 Å². The van der Waals surface area contributed by atoms with Crippen LogP contribution in [0.1, 0.15) is 34.3 Å². The highest BCUT2D eigenvalue weighted by atomic mass is 35.5. The fourth-order valence-corrected chi connectivity index (χ4v) is 5.52. The average Bonchev–Trinajstić information content (AvgIpc) is 3.49. The summed E-state index contributed by atoms with van der Waals surface area (Å²) in [6.45, 7) is 2.10. The predicted octanol–water partition coefficient (Wildman–Crippen LogP) is 6.64. The van der Waals surface area contributed by atoms with E-state index < -0.39 is 0 Å². The number of hydrogen-bond donors (Lipinski definition) is 2. The Labute approximate surface area is 218 Å². The number of carbonyl (C=O) groups is 2. The Hall–Kier alpha value is -3.68. The lowest BCUT2D eigenvalue weighted by Gasteiger charge is -2.14. The second-order valence-electron chi connectivity index (χ2n) is 8.71. The quantitative estimate of drug-likeness (QED) is 0.300. The van der Waals surface area contributed by atoms with Gasteiger partial charge in [-0.05, 0) is 53.8 Å². The maximum absolute atomic E-state index is 13.0. The van der Waals surface area contributed by atoms with E-state index in [-0.39, 0.29) is 23.7 Å². The minimum absolute atomic E-state index is 0.0223. The van der Waals surface area contributed by atoms with Crippen LogP contribution >= 0.6 is 22.9 Å². The first-order valence-electron chi connectivity index (χ1n) is 11.5. The van der Waals surface area contributed by atoms with Gasteiger partial charge in [0.1, 0.15) is 5.75 Å². The fraction of sp³-hybridized carbons (Fsp3) is 0.179. The second kappa shape index (κ2) is 10.1. The summed E-state index contributed by atoms with van der Waals surface area (Å²) in [5.74, 6) is 0.294. The molecule has 2 atom stereocenters. The molecule has 1 aliphatic carbocycles. The van der Waals surface area contributed by atoms with E-state index >= 15 is 0 Å². The van der Waals surface area contributed by atoms with Crippen molar-refractivity contribution in [3.05, 3.63) is 93.8 Å². The smallest absolute Gasteiger partial charge is 0.255 e. The number of fused-ring (bicyclic) bond motifs is 1. The first kappa shape index (κ1) is 24.0. The van der Waals surface area contributed by atoms with E-state index in [1.165, 1.54) is 29.6 Å². The van der Waals surface area contributed by atoms with E-state index in [9.17, 15) is 9.59 Å². The van der Waals surface area contributed by atoms with Crippen molar-refractivity contribution in [1.82, 2.24) is 4.98 Å². The van der Waals surface area contributed by atoms with Crippen molar-refractivity contribution < 1.29 is 14.3 Å². The van der Waals surface area contributed by atoms with Crippen LogP contribution in [0.15, 0.2) is 72.1 Å². The molecule has 0 unspecified atom stereocenters. The molecule has 3 aromatic carbocycles. The monoisotopic (exact) mass is 517 g/mol. The Kier molecular flexibility index (Phi) is 6.76. The normalized spacial score (nSPS) is 16.3. The van der Waals surface area contributed by atoms with Gasteiger partial charge in [0, 0.05) is 28.1 Å². The molecular formula is C28H24ClN3O3S. The van der Waals surface area contributed by atoms with Crippen LogP contribution in [0.5, 0.6) is 5.75 Å². The Balaban J connectivity index is 1.27. The molecule has 4 aromatic rings. The molecule has 0 radical (unpaired) electrons. The summed E-state index contributed by atoms with van der Waals surface area (Å²) in [5.41, 5.74) is 5.00. The zero-order chi connectivity index (χ0) is 25.2. The predicted molar refractivity (Wildman–Crippen MR) is 144 cm³/mol. The molecule has 2 N–H and O–H groups in total. The van der Waals surface area contributed by atoms with Gasteiger partial charge in [0.25, 0.3) is 5.91 Å². The van der Waals surface area contributed by atoms with Crippen LogP contribution in [0.2, 0.25) is 5.02 Å². The first-order chi connectivity index (χ1) is 17.4. The molecule has 0 saturated heterocycles. The molecule has 8 heteroatoms. The van der Waals surface area contributed by atoms with E-state index in [2.05, 4.69) is 34.7 Å². The summed E-state index contributed by atoms with van der Waals surface area (Å²) in [4.78, 5) is 30.4. The van der Waals surface area contributed by atoms with Crippen molar-refractivity contribution in [1.29, 1.82) is 0 Å². The number of benzene rings is 3. The van der Waals surface area contributed by atoms with Crippen molar-refractivity contribution in [2.45, 2.75) is 19.3 Å². The Morgan fingerprint density at radius 3 is 2.67 bits per heavy atom. The second-order valence-corrected chi connectivity index (χ2v) is 9.97. The number of thiazole rings is 1. The molecule has 2 amide bonds. The molecule has 5 rings (SSSR count). The molecule has 0 aliphatic heterocycles. The number of halogens is 1. The molecule has 182 valence electrons. The van der Waals surface area contributed by atoms with Gasteiger partial charge in [-0.2, -0.15) is 0 Å². The Bertz CT molecular complexity index is 1450. The number of nitrogens with one attached hydrogen (secondary N) is 2. The van der Waals surface area contributed by atoms with E-state index in [1.807, 2.05) is 23.6 Å². The summed E-state index contributed by atoms with van der Waals surface area (Å²) in [5, 5.41) is 8.67. The van der Waals surface area contributed by atoms with E-state index in [4.69, 9.17) is 16.3 Å². The van der Waals surface area contributed by atoms with Crippen LogP contribution in [-0.2, 0) is 11.2 Å². The van der Waals surface area contributed by atoms with Crippen molar-refractivity contribution in [2.75, 3.05) is 17.7 Å². The third-order valence-electron chi connectivity index (χ3n) is 6.49. The van der Waals surface area contributed by atoms with E-state index in [0.29, 0.717) is 32.8 Å². The first-order valence-corrected chi connectivity index (χ1v) is 12.8. The van der Waals surface area contributed by atoms with Gasteiger partial charge >= 0.3 is 0 Å². The largest absolute Gasteiger partial charge is 0.495 e. The Morgan fingerprint density at radius 1 is 1.06 bits per heavy atom. The number of amides is 2. The molecule has 0 bridgehead atoms. The van der Waals surface area contributed by atoms with Gasteiger partial charge in [-0.3, -0.25) is 9.59 Å². The topological polar surface area (TPSA) is 80.3 Å². The molecule has 6 nitrogen and oxygen atoms in total. The summed E-state index contributed by atoms with van der Waals surface area (Å²) >= 11 is 7.53. The van der Waals surface area contributed by atoms with Crippen LogP contribution < -0.4 is 15.4 Å². The van der Waals surface area contributed by atoms with Crippen molar-refractivity contribution in [3.8, 4) is 17.0 Å². The van der Waals surface area contributed by atoms with Crippen LogP contribution in [0, 0.1) is 5.92 Å². The number of ether oxygens (including phenoxy) is 1. The Morgan fingerprint density at radius 2 is 1.89 bits per heavy atom. The summed E-state index contributed by atoms with van der Waals surface area (Å²) in [6.07, 6.45) is 0.734. The standard InChI is InChI=1S/C28H24ClN3O3S/c1-16-21-9-4-3-6-17(21)13-22(16)27(34)32-28-31-24(15-36-28)18-7-5-8-19(12-18)26(33)30-20-10-11-25(35-2)23(29)14-20/h3-12,14-16,22H,13H2,1-2H3,(H,30,33)(H,31,32,34)/t16-,22-/m0/s1. The highest BCUT2D eigenvalue weighted by molar-refractivity contribution is 7.14. The minimum Gasteiger partial charge on any atom is -0.495 e. The highest BCUT2D eigenvalue weighted by Gasteiger charge is 2.34. The minimum atomic E-state index is -0.267. The zero-order valence-corrected chi connectivity index (χ0v) is 21.3. The lowest BCUT2D eigenvalue weighted by molar-refractivity contribution is -0.120. The zero-order valence-electron chi connectivity index (χ0n) is 19.7. The maximum atomic E-state index is 13.0. The fourth-order valence-electron chi connectivity index (χ4n) is 4.54. The number of methoxy groups -OCH3 is 1. The number of nitrogens with zero attached hydrogens (tertiary/aromatic N) is 1. The number of hydrogen-bond acceptors (Lipinski definition) is 5. The molecule has 0 spiro atoms. The molecule has 1 heterocycles. The number of rotatable bonds is 6. The molecule has 0 fully saturated rings. The lowest BCUT2D eigenvalue weighted by atomic mass is 9.94. The van der Waals surface area contributed by atoms with Gasteiger partial charge in [-0.1, -0.05) is 54.9 Å². The molecule has 0 saturated carbocycles. The van der Waals surface area contributed by atoms with E-state index in [1.54, 1.807) is 36.4 Å². The number of anilines is 2. The summed E-state index contributed by atoms with van der Waals surface area (Å²) in [6, 6.07) is 20.5. The van der Waals surface area contributed by atoms with Crippen molar-refractivity contribution in [2.24, 2.45) is 5.92 Å². The summed E-state index contributed by atoms with van der Waals surface area (Å²) in [7, 11) is 1.54. The van der Waals surface area contributed by atoms with Crippen LogP contribution in [0.3, 0.4) is 0 Å². The van der Waals surface area contributed by atoms with Gasteiger partial charge in [0.05, 0.1) is 17.8 Å². The molecular weight excluding hydrogens is 494 g/mol. The molecule has 1 aromatic heterocycles. The summed E-state index contributed by atoms with van der Waals surface area (Å²) < 4.78 is 5.15. The van der Waals surface area contributed by atoms with Gasteiger partial charge in [-0.25, -0.2) is 4.98 Å². The maximum Gasteiger partial charge on any atom is 0.255 e. The van der Waals surface area contributed by atoms with Crippen LogP contribution in [-0.4, -0.2) is 23.9 Å². The lowest BCUT2D eigenvalue weighted by Crippen LogP contribution is -2.25. The average molecular weight is 518 g/mol. The van der Waals surface area contributed by atoms with Gasteiger partial charge in [-0.15, -0.1) is 11.3 Å². The third-order valence-corrected chi connectivity index (χ3v) is 7.54. The van der Waals surface area contributed by atoms with Gasteiger partial charge in [0.15, 0.2) is 5.13 Å². The number of carbonyl (C=O) groups excluding carboxylic acids is 2. The van der Waals surface area contributed by atoms with Gasteiger partial charge in [0.2, 0.25) is 5.91 Å². The van der Waals surface area contributed by atoms with Crippen molar-refractivity contribution in [3.63, 3.8) is 0 Å². The van der Waals surface area contributed by atoms with Crippen LogP contribution in [0.4, 0.5) is 10.8 Å². The van der Waals surface area contributed by atoms with Crippen LogP contribution in [0.25, 0.3) is 11.3 Å². The third kappa shape index (κ3) is 4.85. The highest BCUT2D eigenvalue weighted by Crippen LogP contribution is 2.38. The SMILES string of the molecule is COc1ccc(NC(=O)c2cccc(-c3csc(NC(=O)[C@H]4Cc5ccccc5[C@@H]4C)n3)c2)cc1Cl. The van der Waals surface area contributed by atoms with E-state index in [0.717, 1.165) is 12.0 Å². The number of aromatic nitrogens is 1. The van der Waals surface area contributed by atoms with Crippen molar-refractivity contribution >= 4 is 45.6 Å². The molecule has 36 heavy (non-hydrogen) atoms.